The Labute approximate surface area is 191 Å². The van der Waals surface area contributed by atoms with Crippen molar-refractivity contribution >= 4 is 45.5 Å². The van der Waals surface area contributed by atoms with Crippen molar-refractivity contribution in [3.8, 4) is 5.75 Å². The molecule has 8 nitrogen and oxygen atoms in total. The van der Waals surface area contributed by atoms with Crippen LogP contribution in [-0.2, 0) is 9.53 Å². The largest absolute Gasteiger partial charge is 0.503 e. The molecule has 0 radical (unpaired) electrons. The summed E-state index contributed by atoms with van der Waals surface area (Å²) in [5.74, 6) is -1.84. The van der Waals surface area contributed by atoms with E-state index in [0.717, 1.165) is 11.3 Å². The van der Waals surface area contributed by atoms with Gasteiger partial charge in [0.1, 0.15) is 10.6 Å². The zero-order valence-corrected chi connectivity index (χ0v) is 19.0. The number of aliphatic hydroxyl groups excluding tert-OH is 1. The number of aliphatic hydroxyl groups is 1. The van der Waals surface area contributed by atoms with Crippen LogP contribution in [0.25, 0.3) is 0 Å². The maximum atomic E-state index is 13.3. The highest BCUT2D eigenvalue weighted by Gasteiger charge is 2.46. The summed E-state index contributed by atoms with van der Waals surface area (Å²) in [4.78, 5) is 44.7. The van der Waals surface area contributed by atoms with Crippen molar-refractivity contribution in [3.05, 3.63) is 74.1 Å². The number of thiophene rings is 1. The molecule has 3 aromatic rings. The number of anilines is 1. The number of rotatable bonds is 6. The Morgan fingerprint density at radius 1 is 1.16 bits per heavy atom. The monoisotopic (exact) mass is 470 g/mol. The third kappa shape index (κ3) is 3.57. The SMILES string of the molecule is COC(=O)c1sc(N2C(=O)C(O)=C(C(=O)c3cccs3)[C@H]2c2ccc(OC)cc2)nc1C. The van der Waals surface area contributed by atoms with Gasteiger partial charge in [0.15, 0.2) is 10.9 Å². The zero-order valence-electron chi connectivity index (χ0n) is 17.3. The van der Waals surface area contributed by atoms with Gasteiger partial charge in [0.2, 0.25) is 5.78 Å². The molecule has 0 bridgehead atoms. The summed E-state index contributed by atoms with van der Waals surface area (Å²) in [6.45, 7) is 1.63. The van der Waals surface area contributed by atoms with E-state index in [1.165, 1.54) is 30.5 Å². The number of hydrogen-bond acceptors (Lipinski definition) is 9. The molecule has 0 spiro atoms. The first-order chi connectivity index (χ1) is 15.4. The standard InChI is InChI=1S/C22H18N2O6S2/c1-11-19(21(28)30-3)32-22(23-11)24-16(12-6-8-13(29-2)9-7-12)15(18(26)20(24)27)17(25)14-5-4-10-31-14/h4-10,16,26H,1-3H3/t16-/m1/s1. The van der Waals surface area contributed by atoms with E-state index in [4.69, 9.17) is 9.47 Å². The molecule has 10 heteroatoms. The van der Waals surface area contributed by atoms with Gasteiger partial charge in [-0.05, 0) is 36.1 Å². The molecule has 1 N–H and O–H groups in total. The normalized spacial score (nSPS) is 15.9. The number of ketones is 1. The Balaban J connectivity index is 1.86. The van der Waals surface area contributed by atoms with E-state index < -0.39 is 29.5 Å². The smallest absolute Gasteiger partial charge is 0.350 e. The van der Waals surface area contributed by atoms with Gasteiger partial charge in [-0.25, -0.2) is 9.78 Å². The number of carbonyl (C=O) groups excluding carboxylic acids is 3. The summed E-state index contributed by atoms with van der Waals surface area (Å²) in [5, 5.41) is 12.7. The van der Waals surface area contributed by atoms with Gasteiger partial charge in [0.25, 0.3) is 5.91 Å². The molecule has 0 saturated carbocycles. The Morgan fingerprint density at radius 3 is 2.47 bits per heavy atom. The number of amides is 1. The van der Waals surface area contributed by atoms with E-state index >= 15 is 0 Å². The second-order valence-corrected chi connectivity index (χ2v) is 8.75. The Hall–Kier alpha value is -3.50. The highest BCUT2D eigenvalue weighted by atomic mass is 32.1. The first-order valence-electron chi connectivity index (χ1n) is 9.42. The molecule has 164 valence electrons. The van der Waals surface area contributed by atoms with Crippen molar-refractivity contribution in [1.29, 1.82) is 0 Å². The van der Waals surface area contributed by atoms with Crippen LogP contribution < -0.4 is 9.64 Å². The van der Waals surface area contributed by atoms with E-state index in [9.17, 15) is 19.5 Å². The number of aromatic nitrogens is 1. The molecule has 32 heavy (non-hydrogen) atoms. The first-order valence-corrected chi connectivity index (χ1v) is 11.1. The number of Topliss-reactive ketones (excluding diaryl/α,β-unsaturated/α-hetero) is 1. The van der Waals surface area contributed by atoms with Gasteiger partial charge in [-0.15, -0.1) is 11.3 Å². The minimum Gasteiger partial charge on any atom is -0.503 e. The van der Waals surface area contributed by atoms with Gasteiger partial charge >= 0.3 is 5.97 Å². The van der Waals surface area contributed by atoms with Crippen LogP contribution in [0.5, 0.6) is 5.75 Å². The lowest BCUT2D eigenvalue weighted by Gasteiger charge is -2.24. The molecule has 0 unspecified atom stereocenters. The molecular formula is C22H18N2O6S2. The Bertz CT molecular complexity index is 1230. The van der Waals surface area contributed by atoms with Crippen molar-refractivity contribution in [2.24, 2.45) is 0 Å². The third-order valence-electron chi connectivity index (χ3n) is 4.99. The van der Waals surface area contributed by atoms with E-state index in [1.54, 1.807) is 48.7 Å². The van der Waals surface area contributed by atoms with Crippen LogP contribution in [0.1, 0.15) is 36.6 Å². The van der Waals surface area contributed by atoms with Gasteiger partial charge in [0.05, 0.1) is 36.4 Å². The van der Waals surface area contributed by atoms with E-state index in [2.05, 4.69) is 4.98 Å². The highest BCUT2D eigenvalue weighted by Crippen LogP contribution is 2.44. The Morgan fingerprint density at radius 2 is 1.88 bits per heavy atom. The maximum Gasteiger partial charge on any atom is 0.350 e. The number of esters is 1. The maximum absolute atomic E-state index is 13.3. The predicted molar refractivity (Wildman–Crippen MR) is 120 cm³/mol. The van der Waals surface area contributed by atoms with Crippen LogP contribution in [0.2, 0.25) is 0 Å². The summed E-state index contributed by atoms with van der Waals surface area (Å²) in [6, 6.07) is 9.26. The number of methoxy groups -OCH3 is 2. The topological polar surface area (TPSA) is 106 Å². The van der Waals surface area contributed by atoms with Crippen LogP contribution in [0, 0.1) is 6.92 Å². The molecule has 1 aromatic carbocycles. The van der Waals surface area contributed by atoms with E-state index in [0.29, 0.717) is 21.9 Å². The molecule has 0 fully saturated rings. The van der Waals surface area contributed by atoms with Gasteiger partial charge in [-0.3, -0.25) is 14.5 Å². The lowest BCUT2D eigenvalue weighted by atomic mass is 9.95. The minimum atomic E-state index is -0.931. The summed E-state index contributed by atoms with van der Waals surface area (Å²) < 4.78 is 10.00. The van der Waals surface area contributed by atoms with Crippen molar-refractivity contribution in [2.45, 2.75) is 13.0 Å². The molecule has 0 saturated heterocycles. The summed E-state index contributed by atoms with van der Waals surface area (Å²) in [7, 11) is 2.79. The quantitative estimate of drug-likeness (QED) is 0.427. The second kappa shape index (κ2) is 8.56. The highest BCUT2D eigenvalue weighted by molar-refractivity contribution is 7.17. The summed E-state index contributed by atoms with van der Waals surface area (Å²) >= 11 is 2.18. The number of benzene rings is 1. The molecular weight excluding hydrogens is 452 g/mol. The first kappa shape index (κ1) is 21.7. The van der Waals surface area contributed by atoms with Crippen molar-refractivity contribution in [2.75, 3.05) is 19.1 Å². The second-order valence-electron chi connectivity index (χ2n) is 6.82. The number of hydrogen-bond donors (Lipinski definition) is 1. The summed E-state index contributed by atoms with van der Waals surface area (Å²) in [6.07, 6.45) is 0. The number of nitrogens with zero attached hydrogens (tertiary/aromatic N) is 2. The van der Waals surface area contributed by atoms with E-state index in [1.807, 2.05) is 0 Å². The molecule has 0 aliphatic carbocycles. The van der Waals surface area contributed by atoms with Gasteiger partial charge < -0.3 is 14.6 Å². The lowest BCUT2D eigenvalue weighted by Crippen LogP contribution is -2.31. The molecule has 1 amide bonds. The number of thiazole rings is 1. The summed E-state index contributed by atoms with van der Waals surface area (Å²) in [5.41, 5.74) is 0.918. The van der Waals surface area contributed by atoms with Crippen molar-refractivity contribution in [3.63, 3.8) is 0 Å². The van der Waals surface area contributed by atoms with Crippen LogP contribution in [0.4, 0.5) is 5.13 Å². The lowest BCUT2D eigenvalue weighted by molar-refractivity contribution is -0.117. The fourth-order valence-corrected chi connectivity index (χ4v) is 5.13. The van der Waals surface area contributed by atoms with Crippen molar-refractivity contribution < 1.29 is 29.0 Å². The fraction of sp³-hybridized carbons (Fsp3) is 0.182. The average molecular weight is 471 g/mol. The third-order valence-corrected chi connectivity index (χ3v) is 7.00. The Kier molecular flexibility index (Phi) is 5.81. The number of aryl methyl sites for hydroxylation is 1. The number of ether oxygens (including phenoxy) is 2. The van der Waals surface area contributed by atoms with Gasteiger partial charge in [-0.2, -0.15) is 0 Å². The van der Waals surface area contributed by atoms with Crippen LogP contribution in [-0.4, -0.2) is 42.0 Å². The van der Waals surface area contributed by atoms with Crippen LogP contribution in [0.3, 0.4) is 0 Å². The fourth-order valence-electron chi connectivity index (χ4n) is 3.44. The molecule has 3 heterocycles. The minimum absolute atomic E-state index is 0.0462. The zero-order chi connectivity index (χ0) is 23.0. The van der Waals surface area contributed by atoms with Crippen molar-refractivity contribution in [1.82, 2.24) is 4.98 Å². The average Bonchev–Trinajstić information content (AvgIpc) is 3.52. The van der Waals surface area contributed by atoms with Gasteiger partial charge in [0, 0.05) is 0 Å². The molecule has 1 aliphatic heterocycles. The molecule has 1 aliphatic rings. The molecule has 1 atom stereocenters. The predicted octanol–water partition coefficient (Wildman–Crippen LogP) is 4.09. The molecule has 2 aromatic heterocycles. The van der Waals surface area contributed by atoms with E-state index in [-0.39, 0.29) is 15.6 Å². The molecule has 4 rings (SSSR count). The van der Waals surface area contributed by atoms with Gasteiger partial charge in [-0.1, -0.05) is 29.5 Å². The van der Waals surface area contributed by atoms with Crippen LogP contribution >= 0.6 is 22.7 Å². The number of carbonyl (C=O) groups is 3. The van der Waals surface area contributed by atoms with Crippen LogP contribution in [0.15, 0.2) is 53.1 Å².